The molecular weight excluding hydrogens is 454 g/mol. The molecule has 0 N–H and O–H groups in total. The van der Waals surface area contributed by atoms with Crippen molar-refractivity contribution in [2.45, 2.75) is 25.2 Å². The van der Waals surface area contributed by atoms with Gasteiger partial charge in [-0.1, -0.05) is 42.0 Å². The minimum atomic E-state index is -3.55. The Morgan fingerprint density at radius 3 is 2.52 bits per heavy atom. The molecule has 0 atom stereocenters. The number of benzene rings is 2. The van der Waals surface area contributed by atoms with Crippen molar-refractivity contribution < 1.29 is 13.2 Å². The van der Waals surface area contributed by atoms with Crippen LogP contribution in [0.25, 0.3) is 10.2 Å². The van der Waals surface area contributed by atoms with Gasteiger partial charge in [0.05, 0.1) is 26.4 Å². The molecule has 9 heteroatoms. The predicted molar refractivity (Wildman–Crippen MR) is 128 cm³/mol. The molecular formula is C22H26ClN3O3S2. The van der Waals surface area contributed by atoms with E-state index in [9.17, 15) is 13.2 Å². The summed E-state index contributed by atoms with van der Waals surface area (Å²) in [4.78, 5) is 22.0. The number of nitrogens with zero attached hydrogens (tertiary/aromatic N) is 3. The highest BCUT2D eigenvalue weighted by Crippen LogP contribution is 2.34. The molecule has 1 amide bonds. The zero-order chi connectivity index (χ0) is 22.8. The Hall–Kier alpha value is -2.00. The van der Waals surface area contributed by atoms with Crippen molar-refractivity contribution >= 4 is 54.0 Å². The molecule has 166 valence electrons. The summed E-state index contributed by atoms with van der Waals surface area (Å²) in [6.45, 7) is 4.68. The van der Waals surface area contributed by atoms with Crippen LogP contribution in [0.3, 0.4) is 0 Å². The average Bonchev–Trinajstić information content (AvgIpc) is 3.18. The lowest BCUT2D eigenvalue weighted by molar-refractivity contribution is 0.0983. The van der Waals surface area contributed by atoms with Crippen molar-refractivity contribution in [3.63, 3.8) is 0 Å². The minimum absolute atomic E-state index is 0.0560. The van der Waals surface area contributed by atoms with Gasteiger partial charge in [0.15, 0.2) is 15.0 Å². The third-order valence-corrected chi connectivity index (χ3v) is 8.27. The van der Waals surface area contributed by atoms with Crippen LogP contribution < -0.4 is 4.90 Å². The van der Waals surface area contributed by atoms with Gasteiger partial charge >= 0.3 is 0 Å². The van der Waals surface area contributed by atoms with Crippen LogP contribution in [0.5, 0.6) is 0 Å². The third-order valence-electron chi connectivity index (χ3n) is 5.03. The summed E-state index contributed by atoms with van der Waals surface area (Å²) >= 11 is 7.65. The van der Waals surface area contributed by atoms with Crippen LogP contribution in [-0.2, 0) is 9.84 Å². The Labute approximate surface area is 192 Å². The zero-order valence-corrected chi connectivity index (χ0v) is 20.4. The highest BCUT2D eigenvalue weighted by Gasteiger charge is 2.27. The molecule has 1 aromatic heterocycles. The highest BCUT2D eigenvalue weighted by molar-refractivity contribution is 7.91. The number of sulfone groups is 1. The molecule has 0 unspecified atom stereocenters. The number of hydrogen-bond donors (Lipinski definition) is 0. The van der Waals surface area contributed by atoms with Gasteiger partial charge in [-0.2, -0.15) is 0 Å². The first-order chi connectivity index (χ1) is 14.7. The van der Waals surface area contributed by atoms with Crippen molar-refractivity contribution in [1.82, 2.24) is 9.88 Å². The molecule has 3 rings (SSSR count). The first kappa shape index (κ1) is 23.7. The molecule has 3 aromatic rings. The Bertz CT molecular complexity index is 1210. The van der Waals surface area contributed by atoms with Crippen molar-refractivity contribution in [1.29, 1.82) is 0 Å². The number of amides is 1. The second-order valence-electron chi connectivity index (χ2n) is 7.53. The lowest BCUT2D eigenvalue weighted by atomic mass is 10.2. The van der Waals surface area contributed by atoms with E-state index in [-0.39, 0.29) is 22.1 Å². The number of rotatable bonds is 8. The Morgan fingerprint density at radius 2 is 1.84 bits per heavy atom. The summed E-state index contributed by atoms with van der Waals surface area (Å²) in [5.41, 5.74) is 1.78. The molecule has 0 fully saturated rings. The number of aryl methyl sites for hydroxylation is 1. The number of thiazole rings is 1. The lowest BCUT2D eigenvalue weighted by Crippen LogP contribution is -2.34. The molecule has 6 nitrogen and oxygen atoms in total. The van der Waals surface area contributed by atoms with Gasteiger partial charge in [-0.05, 0) is 63.8 Å². The monoisotopic (exact) mass is 479 g/mol. The second kappa shape index (κ2) is 9.65. The molecule has 1 heterocycles. The normalized spacial score (nSPS) is 11.9. The van der Waals surface area contributed by atoms with Crippen LogP contribution in [-0.4, -0.2) is 57.1 Å². The maximum absolute atomic E-state index is 13.6. The van der Waals surface area contributed by atoms with Gasteiger partial charge in [-0.15, -0.1) is 0 Å². The quantitative estimate of drug-likeness (QED) is 0.470. The SMILES string of the molecule is CCS(=O)(=O)c1ccccc1C(=O)N(CCCN(C)C)c1nc2c(C)c(Cl)ccc2s1. The molecule has 0 radical (unpaired) electrons. The number of anilines is 1. The summed E-state index contributed by atoms with van der Waals surface area (Å²) in [5, 5.41) is 1.15. The van der Waals surface area contributed by atoms with Crippen molar-refractivity contribution in [3.8, 4) is 0 Å². The predicted octanol–water partition coefficient (Wildman–Crippen LogP) is 4.65. The number of hydrogen-bond acceptors (Lipinski definition) is 6. The zero-order valence-electron chi connectivity index (χ0n) is 18.1. The van der Waals surface area contributed by atoms with Crippen molar-refractivity contribution in [2.75, 3.05) is 37.8 Å². The van der Waals surface area contributed by atoms with Crippen LogP contribution in [0.2, 0.25) is 5.02 Å². The number of fused-ring (bicyclic) bond motifs is 1. The third kappa shape index (κ3) is 5.09. The van der Waals surface area contributed by atoms with Crippen LogP contribution in [0.4, 0.5) is 5.13 Å². The molecule has 0 aliphatic heterocycles. The van der Waals surface area contributed by atoms with E-state index in [1.54, 1.807) is 30.0 Å². The van der Waals surface area contributed by atoms with Gasteiger partial charge in [0.1, 0.15) is 0 Å². The van der Waals surface area contributed by atoms with Gasteiger partial charge in [-0.25, -0.2) is 13.4 Å². The molecule has 0 saturated heterocycles. The highest BCUT2D eigenvalue weighted by atomic mass is 35.5. The van der Waals surface area contributed by atoms with E-state index in [0.717, 1.165) is 28.7 Å². The number of carbonyl (C=O) groups is 1. The molecule has 0 aliphatic carbocycles. The fourth-order valence-electron chi connectivity index (χ4n) is 3.25. The maximum atomic E-state index is 13.6. The van der Waals surface area contributed by atoms with E-state index in [1.807, 2.05) is 38.1 Å². The van der Waals surface area contributed by atoms with Crippen LogP contribution >= 0.6 is 22.9 Å². The topological polar surface area (TPSA) is 70.6 Å². The minimum Gasteiger partial charge on any atom is -0.309 e. The number of aromatic nitrogens is 1. The van der Waals surface area contributed by atoms with Gasteiger partial charge in [0, 0.05) is 11.6 Å². The summed E-state index contributed by atoms with van der Waals surface area (Å²) in [6.07, 6.45) is 0.719. The van der Waals surface area contributed by atoms with E-state index in [1.165, 1.54) is 17.4 Å². The molecule has 0 bridgehead atoms. The molecule has 0 saturated carbocycles. The fourth-order valence-corrected chi connectivity index (χ4v) is 5.54. The Balaban J connectivity index is 2.09. The van der Waals surface area contributed by atoms with Crippen LogP contribution in [0.15, 0.2) is 41.3 Å². The molecule has 2 aromatic carbocycles. The lowest BCUT2D eigenvalue weighted by Gasteiger charge is -2.22. The van der Waals surface area contributed by atoms with Gasteiger partial charge in [0.2, 0.25) is 0 Å². The molecule has 0 spiro atoms. The standard InChI is InChI=1S/C22H26ClN3O3S2/c1-5-31(28,29)19-10-7-6-9-16(19)21(27)26(14-8-13-25(3)4)22-24-20-15(2)17(23)11-12-18(20)30-22/h6-7,9-12H,5,8,13-14H2,1-4H3. The van der Waals surface area contributed by atoms with E-state index < -0.39 is 9.84 Å². The largest absolute Gasteiger partial charge is 0.309 e. The Morgan fingerprint density at radius 1 is 1.13 bits per heavy atom. The summed E-state index contributed by atoms with van der Waals surface area (Å²) < 4.78 is 26.1. The van der Waals surface area contributed by atoms with E-state index in [0.29, 0.717) is 16.7 Å². The number of carbonyl (C=O) groups excluding carboxylic acids is 1. The smallest absolute Gasteiger partial charge is 0.261 e. The van der Waals surface area contributed by atoms with E-state index in [2.05, 4.69) is 0 Å². The van der Waals surface area contributed by atoms with Crippen LogP contribution in [0, 0.1) is 6.92 Å². The average molecular weight is 480 g/mol. The van der Waals surface area contributed by atoms with Crippen molar-refractivity contribution in [2.24, 2.45) is 0 Å². The first-order valence-corrected chi connectivity index (χ1v) is 12.8. The fraction of sp³-hybridized carbons (Fsp3) is 0.364. The second-order valence-corrected chi connectivity index (χ2v) is 11.2. The maximum Gasteiger partial charge on any atom is 0.261 e. The summed E-state index contributed by atoms with van der Waals surface area (Å²) in [6, 6.07) is 10.1. The van der Waals surface area contributed by atoms with E-state index in [4.69, 9.17) is 16.6 Å². The van der Waals surface area contributed by atoms with Crippen molar-refractivity contribution in [3.05, 3.63) is 52.5 Å². The Kier molecular flexibility index (Phi) is 7.36. The molecule has 31 heavy (non-hydrogen) atoms. The molecule has 0 aliphatic rings. The summed E-state index contributed by atoms with van der Waals surface area (Å²) in [7, 11) is 0.390. The van der Waals surface area contributed by atoms with E-state index >= 15 is 0 Å². The van der Waals surface area contributed by atoms with Gasteiger partial charge in [-0.3, -0.25) is 9.69 Å². The number of halogens is 1. The van der Waals surface area contributed by atoms with Crippen LogP contribution in [0.1, 0.15) is 29.3 Å². The van der Waals surface area contributed by atoms with Gasteiger partial charge < -0.3 is 4.90 Å². The summed E-state index contributed by atoms with van der Waals surface area (Å²) in [5.74, 6) is -0.439. The first-order valence-electron chi connectivity index (χ1n) is 9.99. The van der Waals surface area contributed by atoms with Gasteiger partial charge in [0.25, 0.3) is 5.91 Å².